The third kappa shape index (κ3) is 4.00. The summed E-state index contributed by atoms with van der Waals surface area (Å²) >= 11 is 0. The molecule has 0 unspecified atom stereocenters. The van der Waals surface area contributed by atoms with E-state index in [2.05, 4.69) is 31.1 Å². The number of hydrogen-bond acceptors (Lipinski definition) is 4. The molecular formula is C12H24N4O. The molecule has 0 aliphatic rings. The van der Waals surface area contributed by atoms with Gasteiger partial charge in [0.25, 0.3) is 0 Å². The van der Waals surface area contributed by atoms with Gasteiger partial charge in [0, 0.05) is 5.41 Å². The minimum Gasteiger partial charge on any atom is -0.381 e. The SMILES string of the molecule is CC(C)(C)OCCn1nnc(N)c1C(C)(C)C. The van der Waals surface area contributed by atoms with E-state index in [4.69, 9.17) is 10.5 Å². The Kier molecular flexibility index (Phi) is 3.81. The molecule has 0 saturated carbocycles. The van der Waals surface area contributed by atoms with E-state index in [9.17, 15) is 0 Å². The van der Waals surface area contributed by atoms with Gasteiger partial charge in [-0.15, -0.1) is 5.10 Å². The highest BCUT2D eigenvalue weighted by Crippen LogP contribution is 2.25. The normalized spacial score (nSPS) is 13.1. The molecule has 5 heteroatoms. The Labute approximate surface area is 103 Å². The van der Waals surface area contributed by atoms with E-state index in [1.165, 1.54) is 0 Å². The molecular weight excluding hydrogens is 216 g/mol. The first-order valence-corrected chi connectivity index (χ1v) is 5.94. The molecule has 0 bridgehead atoms. The molecule has 5 nitrogen and oxygen atoms in total. The number of nitrogens with two attached hydrogens (primary N) is 1. The molecule has 1 rings (SSSR count). The number of hydrogen-bond donors (Lipinski definition) is 1. The van der Waals surface area contributed by atoms with E-state index >= 15 is 0 Å². The predicted molar refractivity (Wildman–Crippen MR) is 68.8 cm³/mol. The van der Waals surface area contributed by atoms with Gasteiger partial charge in [0.05, 0.1) is 24.4 Å². The fourth-order valence-electron chi connectivity index (χ4n) is 1.69. The highest BCUT2D eigenvalue weighted by atomic mass is 16.5. The zero-order valence-corrected chi connectivity index (χ0v) is 11.7. The number of rotatable bonds is 3. The van der Waals surface area contributed by atoms with Gasteiger partial charge in [0.1, 0.15) is 0 Å². The zero-order valence-electron chi connectivity index (χ0n) is 11.7. The first-order chi connectivity index (χ1) is 7.61. The van der Waals surface area contributed by atoms with Crippen molar-refractivity contribution in [1.82, 2.24) is 15.0 Å². The molecule has 0 spiro atoms. The van der Waals surface area contributed by atoms with Gasteiger partial charge in [-0.05, 0) is 20.8 Å². The summed E-state index contributed by atoms with van der Waals surface area (Å²) in [6, 6.07) is 0. The van der Waals surface area contributed by atoms with E-state index in [0.29, 0.717) is 19.0 Å². The minimum atomic E-state index is -0.131. The fourth-order valence-corrected chi connectivity index (χ4v) is 1.69. The maximum atomic E-state index is 5.85. The van der Waals surface area contributed by atoms with Crippen molar-refractivity contribution in [3.05, 3.63) is 5.69 Å². The molecule has 0 aromatic carbocycles. The van der Waals surface area contributed by atoms with Crippen molar-refractivity contribution in [3.63, 3.8) is 0 Å². The average Bonchev–Trinajstić information content (AvgIpc) is 2.43. The lowest BCUT2D eigenvalue weighted by atomic mass is 9.92. The summed E-state index contributed by atoms with van der Waals surface area (Å²) in [6.45, 7) is 13.7. The molecule has 98 valence electrons. The molecule has 0 fully saturated rings. The second-order valence-corrected chi connectivity index (χ2v) is 6.26. The van der Waals surface area contributed by atoms with Crippen LogP contribution >= 0.6 is 0 Å². The average molecular weight is 240 g/mol. The van der Waals surface area contributed by atoms with Crippen molar-refractivity contribution in [3.8, 4) is 0 Å². The largest absolute Gasteiger partial charge is 0.381 e. The third-order valence-corrected chi connectivity index (χ3v) is 2.31. The Morgan fingerprint density at radius 3 is 2.24 bits per heavy atom. The van der Waals surface area contributed by atoms with Crippen molar-refractivity contribution in [2.45, 2.75) is 59.1 Å². The van der Waals surface area contributed by atoms with Crippen LogP contribution in [0, 0.1) is 0 Å². The molecule has 1 aromatic rings. The van der Waals surface area contributed by atoms with E-state index in [1.54, 1.807) is 0 Å². The first-order valence-electron chi connectivity index (χ1n) is 5.94. The van der Waals surface area contributed by atoms with Gasteiger partial charge < -0.3 is 10.5 Å². The molecule has 0 radical (unpaired) electrons. The number of anilines is 1. The third-order valence-electron chi connectivity index (χ3n) is 2.31. The lowest BCUT2D eigenvalue weighted by molar-refractivity contribution is -0.00849. The van der Waals surface area contributed by atoms with Crippen LogP contribution in [0.5, 0.6) is 0 Å². The zero-order chi connectivity index (χ0) is 13.3. The highest BCUT2D eigenvalue weighted by Gasteiger charge is 2.24. The van der Waals surface area contributed by atoms with Crippen LogP contribution in [0.1, 0.15) is 47.2 Å². The van der Waals surface area contributed by atoms with Crippen LogP contribution in [-0.4, -0.2) is 27.2 Å². The molecule has 1 heterocycles. The topological polar surface area (TPSA) is 66.0 Å². The Morgan fingerprint density at radius 1 is 1.18 bits per heavy atom. The van der Waals surface area contributed by atoms with Gasteiger partial charge in [-0.3, -0.25) is 0 Å². The molecule has 0 aliphatic heterocycles. The monoisotopic (exact) mass is 240 g/mol. The van der Waals surface area contributed by atoms with Crippen LogP contribution in [0.15, 0.2) is 0 Å². The standard InChI is InChI=1S/C12H24N4O/c1-11(2,3)9-10(13)14-15-16(9)7-8-17-12(4,5)6/h7-8,13H2,1-6H3. The maximum Gasteiger partial charge on any atom is 0.169 e. The number of aromatic nitrogens is 3. The molecule has 0 aliphatic carbocycles. The van der Waals surface area contributed by atoms with Crippen LogP contribution in [0.2, 0.25) is 0 Å². The fraction of sp³-hybridized carbons (Fsp3) is 0.833. The van der Waals surface area contributed by atoms with Crippen LogP contribution in [0.4, 0.5) is 5.82 Å². The van der Waals surface area contributed by atoms with Gasteiger partial charge in [-0.2, -0.15) is 0 Å². The van der Waals surface area contributed by atoms with Crippen molar-refractivity contribution >= 4 is 5.82 Å². The maximum absolute atomic E-state index is 5.85. The van der Waals surface area contributed by atoms with Gasteiger partial charge in [-0.25, -0.2) is 4.68 Å². The Hall–Kier alpha value is -1.10. The summed E-state index contributed by atoms with van der Waals surface area (Å²) in [5.41, 5.74) is 6.63. The van der Waals surface area contributed by atoms with Crippen LogP contribution in [0.25, 0.3) is 0 Å². The van der Waals surface area contributed by atoms with E-state index in [1.807, 2.05) is 25.5 Å². The van der Waals surface area contributed by atoms with E-state index in [0.717, 1.165) is 5.69 Å². The summed E-state index contributed by atoms with van der Waals surface area (Å²) in [7, 11) is 0. The highest BCUT2D eigenvalue weighted by molar-refractivity contribution is 5.37. The van der Waals surface area contributed by atoms with Gasteiger partial charge in [-0.1, -0.05) is 26.0 Å². The Morgan fingerprint density at radius 2 is 1.76 bits per heavy atom. The van der Waals surface area contributed by atoms with Crippen molar-refractivity contribution in [2.24, 2.45) is 0 Å². The molecule has 0 saturated heterocycles. The van der Waals surface area contributed by atoms with Gasteiger partial charge >= 0.3 is 0 Å². The second-order valence-electron chi connectivity index (χ2n) is 6.26. The second kappa shape index (κ2) is 4.64. The predicted octanol–water partition coefficient (Wildman–Crippen LogP) is 1.97. The van der Waals surface area contributed by atoms with Crippen molar-refractivity contribution in [2.75, 3.05) is 12.3 Å². The molecule has 2 N–H and O–H groups in total. The summed E-state index contributed by atoms with van der Waals surface area (Å²) in [6.07, 6.45) is 0. The number of ether oxygens (including phenoxy) is 1. The van der Waals surface area contributed by atoms with E-state index in [-0.39, 0.29) is 11.0 Å². The lowest BCUT2D eigenvalue weighted by Gasteiger charge is -2.22. The van der Waals surface area contributed by atoms with Gasteiger partial charge in [0.2, 0.25) is 0 Å². The summed E-state index contributed by atoms with van der Waals surface area (Å²) in [5.74, 6) is 0.508. The van der Waals surface area contributed by atoms with Gasteiger partial charge in [0.15, 0.2) is 5.82 Å². The Balaban J connectivity index is 2.73. The molecule has 0 amide bonds. The van der Waals surface area contributed by atoms with E-state index < -0.39 is 0 Å². The smallest absolute Gasteiger partial charge is 0.169 e. The summed E-state index contributed by atoms with van der Waals surface area (Å²) < 4.78 is 7.52. The van der Waals surface area contributed by atoms with Crippen LogP contribution in [0.3, 0.4) is 0 Å². The number of nitrogens with zero attached hydrogens (tertiary/aromatic N) is 3. The quantitative estimate of drug-likeness (QED) is 0.877. The Bertz CT molecular complexity index is 371. The van der Waals surface area contributed by atoms with Crippen LogP contribution < -0.4 is 5.73 Å². The number of nitrogen functional groups attached to an aromatic ring is 1. The lowest BCUT2D eigenvalue weighted by Crippen LogP contribution is -2.25. The molecule has 0 atom stereocenters. The van der Waals surface area contributed by atoms with Crippen LogP contribution in [-0.2, 0) is 16.7 Å². The van der Waals surface area contributed by atoms with Crippen molar-refractivity contribution in [1.29, 1.82) is 0 Å². The minimum absolute atomic E-state index is 0.0602. The summed E-state index contributed by atoms with van der Waals surface area (Å²) in [4.78, 5) is 0. The molecule has 17 heavy (non-hydrogen) atoms. The molecule has 1 aromatic heterocycles. The van der Waals surface area contributed by atoms with Crippen molar-refractivity contribution < 1.29 is 4.74 Å². The summed E-state index contributed by atoms with van der Waals surface area (Å²) in [5, 5.41) is 8.00. The first kappa shape index (κ1) is 14.0.